The molecule has 0 amide bonds. The van der Waals surface area contributed by atoms with E-state index in [-0.39, 0.29) is 0 Å². The van der Waals surface area contributed by atoms with Crippen LogP contribution in [0.4, 0.5) is 0 Å². The minimum atomic E-state index is 0.451. The lowest BCUT2D eigenvalue weighted by Crippen LogP contribution is -1.98. The summed E-state index contributed by atoms with van der Waals surface area (Å²) in [6, 6.07) is 21.7. The van der Waals surface area contributed by atoms with Gasteiger partial charge in [0, 0.05) is 33.1 Å². The Morgan fingerprint density at radius 2 is 1.57 bits per heavy atom. The number of hydrogen-bond acceptors (Lipinski definition) is 4. The van der Waals surface area contributed by atoms with E-state index >= 15 is 0 Å². The molecule has 4 heteroatoms. The van der Waals surface area contributed by atoms with Gasteiger partial charge in [-0.2, -0.15) is 0 Å². The SMILES string of the molecule is Cc1ccc2c(n1)oc1c(-c3nccc4cc(-c5c(C(C)C)cccc5C(C)C)sc34)cccc12. The Balaban J connectivity index is 1.61. The Morgan fingerprint density at radius 3 is 2.31 bits per heavy atom. The Hall–Kier alpha value is -3.50. The number of pyridine rings is 2. The largest absolute Gasteiger partial charge is 0.437 e. The fourth-order valence-electron chi connectivity index (χ4n) is 5.07. The molecule has 0 fully saturated rings. The summed E-state index contributed by atoms with van der Waals surface area (Å²) in [4.78, 5) is 10.8. The molecule has 6 aromatic rings. The first-order valence-corrected chi connectivity index (χ1v) is 13.0. The highest BCUT2D eigenvalue weighted by atomic mass is 32.1. The Bertz CT molecular complexity index is 1700. The fraction of sp³-hybridized carbons (Fsp3) is 0.226. The van der Waals surface area contributed by atoms with E-state index in [1.54, 1.807) is 0 Å². The van der Waals surface area contributed by atoms with Crippen LogP contribution in [0.2, 0.25) is 0 Å². The van der Waals surface area contributed by atoms with Crippen molar-refractivity contribution < 1.29 is 4.42 Å². The van der Waals surface area contributed by atoms with Crippen LogP contribution in [-0.2, 0) is 0 Å². The number of benzene rings is 2. The van der Waals surface area contributed by atoms with E-state index in [2.05, 4.69) is 87.3 Å². The van der Waals surface area contributed by atoms with Gasteiger partial charge in [0.25, 0.3) is 0 Å². The summed E-state index contributed by atoms with van der Waals surface area (Å²) in [6.45, 7) is 11.1. The molecule has 0 spiro atoms. The van der Waals surface area contributed by atoms with Gasteiger partial charge in [-0.3, -0.25) is 4.98 Å². The molecule has 0 aliphatic heterocycles. The summed E-state index contributed by atoms with van der Waals surface area (Å²) >= 11 is 1.83. The highest BCUT2D eigenvalue weighted by Crippen LogP contribution is 2.45. The van der Waals surface area contributed by atoms with Gasteiger partial charge in [-0.05, 0) is 71.2 Å². The number of furan rings is 1. The third kappa shape index (κ3) is 3.55. The van der Waals surface area contributed by atoms with Crippen molar-refractivity contribution >= 4 is 43.5 Å². The van der Waals surface area contributed by atoms with Gasteiger partial charge in [0.05, 0.1) is 10.4 Å². The van der Waals surface area contributed by atoms with E-state index in [4.69, 9.17) is 9.40 Å². The van der Waals surface area contributed by atoms with Gasteiger partial charge in [-0.15, -0.1) is 11.3 Å². The molecular weight excluding hydrogens is 448 g/mol. The summed E-state index contributed by atoms with van der Waals surface area (Å²) < 4.78 is 7.50. The molecule has 0 aliphatic rings. The van der Waals surface area contributed by atoms with Gasteiger partial charge >= 0.3 is 0 Å². The molecule has 35 heavy (non-hydrogen) atoms. The van der Waals surface area contributed by atoms with Crippen molar-refractivity contribution in [3.05, 3.63) is 83.7 Å². The van der Waals surface area contributed by atoms with E-state index in [9.17, 15) is 0 Å². The molecule has 4 heterocycles. The van der Waals surface area contributed by atoms with E-state index in [0.717, 1.165) is 33.3 Å². The number of para-hydroxylation sites is 1. The molecule has 174 valence electrons. The number of nitrogens with zero attached hydrogens (tertiary/aromatic N) is 2. The predicted molar refractivity (Wildman–Crippen MR) is 148 cm³/mol. The predicted octanol–water partition coefficient (Wildman–Crippen LogP) is 9.48. The third-order valence-electron chi connectivity index (χ3n) is 6.81. The second kappa shape index (κ2) is 8.31. The van der Waals surface area contributed by atoms with Crippen LogP contribution in [0.25, 0.3) is 53.9 Å². The number of fused-ring (bicyclic) bond motifs is 4. The van der Waals surface area contributed by atoms with Crippen LogP contribution in [0.1, 0.15) is 56.4 Å². The van der Waals surface area contributed by atoms with Gasteiger partial charge in [0.15, 0.2) is 0 Å². The van der Waals surface area contributed by atoms with E-state index in [0.29, 0.717) is 17.5 Å². The highest BCUT2D eigenvalue weighted by molar-refractivity contribution is 7.22. The molecule has 0 radical (unpaired) electrons. The quantitative estimate of drug-likeness (QED) is 0.254. The van der Waals surface area contributed by atoms with E-state index < -0.39 is 0 Å². The molecule has 0 atom stereocenters. The summed E-state index contributed by atoms with van der Waals surface area (Å²) in [5.41, 5.74) is 8.64. The molecular formula is C31H28N2OS. The van der Waals surface area contributed by atoms with Gasteiger partial charge in [0.2, 0.25) is 5.71 Å². The Kier molecular flexibility index (Phi) is 5.23. The van der Waals surface area contributed by atoms with Crippen molar-refractivity contribution in [2.45, 2.75) is 46.5 Å². The average molecular weight is 477 g/mol. The summed E-state index contributed by atoms with van der Waals surface area (Å²) in [7, 11) is 0. The first-order valence-electron chi connectivity index (χ1n) is 12.2. The number of rotatable bonds is 4. The van der Waals surface area contributed by atoms with Gasteiger partial charge < -0.3 is 4.42 Å². The Labute approximate surface area is 209 Å². The van der Waals surface area contributed by atoms with Crippen molar-refractivity contribution in [3.8, 4) is 21.7 Å². The Morgan fingerprint density at radius 1 is 0.829 bits per heavy atom. The van der Waals surface area contributed by atoms with Crippen molar-refractivity contribution in [3.63, 3.8) is 0 Å². The molecule has 0 N–H and O–H groups in total. The van der Waals surface area contributed by atoms with E-state index in [1.807, 2.05) is 30.5 Å². The molecule has 3 nitrogen and oxygen atoms in total. The van der Waals surface area contributed by atoms with Crippen molar-refractivity contribution in [2.24, 2.45) is 0 Å². The zero-order valence-corrected chi connectivity index (χ0v) is 21.5. The molecule has 2 aromatic carbocycles. The lowest BCUT2D eigenvalue weighted by atomic mass is 9.88. The van der Waals surface area contributed by atoms with Crippen LogP contribution in [0.3, 0.4) is 0 Å². The maximum atomic E-state index is 6.31. The first-order chi connectivity index (χ1) is 16.9. The number of hydrogen-bond donors (Lipinski definition) is 0. The number of thiophene rings is 1. The maximum absolute atomic E-state index is 6.31. The molecule has 6 rings (SSSR count). The zero-order valence-electron chi connectivity index (χ0n) is 20.7. The summed E-state index contributed by atoms with van der Waals surface area (Å²) in [6.07, 6.45) is 1.91. The maximum Gasteiger partial charge on any atom is 0.227 e. The first kappa shape index (κ1) is 22.0. The van der Waals surface area contributed by atoms with Crippen molar-refractivity contribution in [1.29, 1.82) is 0 Å². The smallest absolute Gasteiger partial charge is 0.227 e. The lowest BCUT2D eigenvalue weighted by Gasteiger charge is -2.18. The average Bonchev–Trinajstić information content (AvgIpc) is 3.44. The lowest BCUT2D eigenvalue weighted by molar-refractivity contribution is 0.653. The third-order valence-corrected chi connectivity index (χ3v) is 7.99. The molecule has 0 unspecified atom stereocenters. The number of aryl methyl sites for hydroxylation is 1. The summed E-state index contributed by atoms with van der Waals surface area (Å²) in [5.74, 6) is 0.901. The minimum Gasteiger partial charge on any atom is -0.437 e. The zero-order chi connectivity index (χ0) is 24.3. The van der Waals surface area contributed by atoms with Gasteiger partial charge in [-0.25, -0.2) is 4.98 Å². The monoisotopic (exact) mass is 476 g/mol. The second-order valence-corrected chi connectivity index (χ2v) is 11.0. The van der Waals surface area contributed by atoms with Gasteiger partial charge in [-0.1, -0.05) is 58.0 Å². The second-order valence-electron chi connectivity index (χ2n) is 9.90. The van der Waals surface area contributed by atoms with Gasteiger partial charge in [0.1, 0.15) is 5.58 Å². The topological polar surface area (TPSA) is 38.9 Å². The van der Waals surface area contributed by atoms with Crippen LogP contribution in [0, 0.1) is 6.92 Å². The van der Waals surface area contributed by atoms with E-state index in [1.165, 1.54) is 31.7 Å². The highest BCUT2D eigenvalue weighted by Gasteiger charge is 2.20. The molecule has 0 aliphatic carbocycles. The molecule has 0 saturated heterocycles. The number of aromatic nitrogens is 2. The van der Waals surface area contributed by atoms with Crippen LogP contribution in [0.15, 0.2) is 71.3 Å². The van der Waals surface area contributed by atoms with Crippen LogP contribution < -0.4 is 0 Å². The van der Waals surface area contributed by atoms with Crippen LogP contribution in [-0.4, -0.2) is 9.97 Å². The molecule has 0 bridgehead atoms. The normalized spacial score (nSPS) is 12.1. The summed E-state index contributed by atoms with van der Waals surface area (Å²) in [5, 5.41) is 3.33. The van der Waals surface area contributed by atoms with Crippen LogP contribution >= 0.6 is 11.3 Å². The standard InChI is InChI=1S/C31H28N2OS/c1-17(2)21-8-6-9-22(18(3)4)27(21)26-16-20-14-15-32-28(30(20)35-26)25-11-7-10-23-24-13-12-19(5)33-31(24)34-29(23)25/h6-18H,1-5H3. The minimum absolute atomic E-state index is 0.451. The fourth-order valence-corrected chi connectivity index (χ4v) is 6.32. The van der Waals surface area contributed by atoms with Crippen molar-refractivity contribution in [1.82, 2.24) is 9.97 Å². The molecule has 0 saturated carbocycles. The molecule has 4 aromatic heterocycles. The van der Waals surface area contributed by atoms with Crippen LogP contribution in [0.5, 0.6) is 0 Å². The van der Waals surface area contributed by atoms with Crippen molar-refractivity contribution in [2.75, 3.05) is 0 Å².